The highest BCUT2D eigenvalue weighted by molar-refractivity contribution is 5.77. The van der Waals surface area contributed by atoms with Gasteiger partial charge in [0, 0.05) is 27.2 Å². The number of hydrogen-bond acceptors (Lipinski definition) is 38. The van der Waals surface area contributed by atoms with Crippen molar-refractivity contribution in [2.24, 2.45) is 0 Å². The highest BCUT2D eigenvalue weighted by Gasteiger charge is 2.62. The third-order valence-electron chi connectivity index (χ3n) is 16.7. The molecule has 7 rings (SSSR count). The SMILES string of the molecule is CC(=O)N[C@H]1[C@H](OC[C@H]2OC(O)[C@H](NC(C)=O)[C@@H](O[C@@H]3O[C@H](CO)[C@H](O)[C@H](O[C@]4(C(=O)O)C[C@H](O)[C@@H](NC(C)=O)[C@H]([C@H](O)[C@H](O)CO)O4)[C@H]3O)[C@H]2O)O[C@H](CO)[C@@H](O[C@@H]2O[C@H](CO)[C@H](O[C@@H]3O[C@H](CO)[C@H](O[C@H]4O[C@H](CO)[C@H](O)[C@H](O)[C@H]4O)[C@H](O)[C@H]3O)[C@H](O)[C@H]2O)[C@@H]1O. The Labute approximate surface area is 525 Å². The summed E-state index contributed by atoms with van der Waals surface area (Å²) >= 11 is 0. The second kappa shape index (κ2) is 32.9. The molecule has 42 nitrogen and oxygen atoms in total. The fraction of sp³-hybridized carbons (Fsp3) is 0.922. The second-order valence-electron chi connectivity index (χ2n) is 23.2. The van der Waals surface area contributed by atoms with Crippen LogP contribution in [0.25, 0.3) is 0 Å². The van der Waals surface area contributed by atoms with Gasteiger partial charge in [-0.05, 0) is 0 Å². The topological polar surface area (TPSA) is 669 Å². The van der Waals surface area contributed by atoms with Crippen LogP contribution in [0.3, 0.4) is 0 Å². The van der Waals surface area contributed by atoms with Crippen molar-refractivity contribution in [3.63, 3.8) is 0 Å². The minimum absolute atomic E-state index is 0.840. The molecule has 7 aliphatic rings. The molecule has 1 unspecified atom stereocenters. The highest BCUT2D eigenvalue weighted by Crippen LogP contribution is 2.40. The van der Waals surface area contributed by atoms with E-state index in [1.807, 2.05) is 0 Å². The van der Waals surface area contributed by atoms with Gasteiger partial charge in [-0.1, -0.05) is 0 Å². The van der Waals surface area contributed by atoms with E-state index in [0.717, 1.165) is 20.8 Å². The fourth-order valence-electron chi connectivity index (χ4n) is 11.8. The molecular formula is C51H85N3O39. The maximum absolute atomic E-state index is 13.1. The summed E-state index contributed by atoms with van der Waals surface area (Å²) in [4.78, 5) is 50.3. The summed E-state index contributed by atoms with van der Waals surface area (Å²) < 4.78 is 74.0. The number of nitrogens with one attached hydrogen (secondary N) is 3. The third kappa shape index (κ3) is 16.8. The van der Waals surface area contributed by atoms with Crippen LogP contribution in [0, 0.1) is 0 Å². The molecule has 42 heteroatoms. The van der Waals surface area contributed by atoms with Crippen molar-refractivity contribution < 1.29 is 193 Å². The lowest BCUT2D eigenvalue weighted by Gasteiger charge is -2.51. The monoisotopic (exact) mass is 1360 g/mol. The average Bonchev–Trinajstić information content (AvgIpc) is 0.767. The number of amides is 3. The number of carbonyl (C=O) groups excluding carboxylic acids is 3. The van der Waals surface area contributed by atoms with Crippen LogP contribution in [0.5, 0.6) is 0 Å². The van der Waals surface area contributed by atoms with Crippen molar-refractivity contribution in [2.75, 3.05) is 46.2 Å². The molecule has 0 saturated carbocycles. The summed E-state index contributed by atoms with van der Waals surface area (Å²) in [5.41, 5.74) is 0. The summed E-state index contributed by atoms with van der Waals surface area (Å²) in [5.74, 6) is -7.94. The Morgan fingerprint density at radius 3 is 1.30 bits per heavy atom. The van der Waals surface area contributed by atoms with Crippen LogP contribution in [0.4, 0.5) is 0 Å². The first-order chi connectivity index (χ1) is 43.8. The van der Waals surface area contributed by atoms with Crippen molar-refractivity contribution in [3.05, 3.63) is 0 Å². The average molecular weight is 1360 g/mol. The molecule has 0 aromatic heterocycles. The lowest BCUT2D eigenvalue weighted by molar-refractivity contribution is -0.387. The van der Waals surface area contributed by atoms with Crippen molar-refractivity contribution in [1.82, 2.24) is 16.0 Å². The van der Waals surface area contributed by atoms with E-state index in [4.69, 9.17) is 61.6 Å². The van der Waals surface area contributed by atoms with E-state index in [1.54, 1.807) is 0 Å². The molecular weight excluding hydrogens is 1280 g/mol. The molecule has 25 N–H and O–H groups in total. The Hall–Kier alpha value is -3.48. The lowest BCUT2D eigenvalue weighted by Crippen LogP contribution is -2.71. The highest BCUT2D eigenvalue weighted by atomic mass is 16.8. The molecule has 36 atom stereocenters. The van der Waals surface area contributed by atoms with E-state index in [2.05, 4.69) is 16.0 Å². The number of hydrogen-bond donors (Lipinski definition) is 25. The number of aliphatic hydroxyl groups is 21. The number of ether oxygens (including phenoxy) is 13. The quantitative estimate of drug-likeness (QED) is 0.0404. The van der Waals surface area contributed by atoms with Gasteiger partial charge in [-0.15, -0.1) is 0 Å². The predicted octanol–water partition coefficient (Wildman–Crippen LogP) is -16.6. The molecule has 0 bridgehead atoms. The van der Waals surface area contributed by atoms with Gasteiger partial charge in [0.1, 0.15) is 165 Å². The van der Waals surface area contributed by atoms with Gasteiger partial charge in [0.2, 0.25) is 17.7 Å². The van der Waals surface area contributed by atoms with E-state index >= 15 is 0 Å². The number of carbonyl (C=O) groups is 4. The number of aliphatic hydroxyl groups excluding tert-OH is 21. The van der Waals surface area contributed by atoms with E-state index < -0.39 is 297 Å². The molecule has 0 aromatic rings. The van der Waals surface area contributed by atoms with Crippen LogP contribution in [-0.2, 0) is 80.8 Å². The first kappa shape index (κ1) is 76.9. The van der Waals surface area contributed by atoms with E-state index in [1.165, 1.54) is 0 Å². The summed E-state index contributed by atoms with van der Waals surface area (Å²) in [6.07, 6.45) is -65.8. The van der Waals surface area contributed by atoms with Gasteiger partial charge in [-0.25, -0.2) is 4.79 Å². The molecule has 7 aliphatic heterocycles. The van der Waals surface area contributed by atoms with E-state index in [0.29, 0.717) is 0 Å². The molecule has 7 heterocycles. The molecule has 93 heavy (non-hydrogen) atoms. The molecule has 7 fully saturated rings. The van der Waals surface area contributed by atoms with Gasteiger partial charge in [-0.3, -0.25) is 14.4 Å². The van der Waals surface area contributed by atoms with Gasteiger partial charge in [-0.2, -0.15) is 0 Å². The van der Waals surface area contributed by atoms with Gasteiger partial charge in [0.15, 0.2) is 37.7 Å². The van der Waals surface area contributed by atoms with Crippen LogP contribution < -0.4 is 16.0 Å². The van der Waals surface area contributed by atoms with Crippen molar-refractivity contribution in [3.8, 4) is 0 Å². The maximum Gasteiger partial charge on any atom is 0.364 e. The number of carboxylic acid groups (broad SMARTS) is 1. The van der Waals surface area contributed by atoms with Crippen LogP contribution in [-0.4, -0.2) is 403 Å². The maximum atomic E-state index is 13.1. The Morgan fingerprint density at radius 1 is 0.441 bits per heavy atom. The Balaban J connectivity index is 1.04. The molecule has 538 valence electrons. The minimum atomic E-state index is -3.23. The van der Waals surface area contributed by atoms with E-state index in [-0.39, 0.29) is 0 Å². The lowest BCUT2D eigenvalue weighted by atomic mass is 9.88. The zero-order valence-corrected chi connectivity index (χ0v) is 49.6. The van der Waals surface area contributed by atoms with Crippen molar-refractivity contribution in [2.45, 2.75) is 248 Å². The Bertz CT molecular complexity index is 2410. The first-order valence-corrected chi connectivity index (χ1v) is 29.2. The summed E-state index contributed by atoms with van der Waals surface area (Å²) in [6.45, 7) is -4.38. The van der Waals surface area contributed by atoms with Gasteiger partial charge >= 0.3 is 5.97 Å². The number of rotatable bonds is 25. The summed E-state index contributed by atoms with van der Waals surface area (Å²) in [6, 6.07) is -5.29. The van der Waals surface area contributed by atoms with Crippen LogP contribution >= 0.6 is 0 Å². The fourth-order valence-corrected chi connectivity index (χ4v) is 11.8. The van der Waals surface area contributed by atoms with Crippen LogP contribution in [0.15, 0.2) is 0 Å². The summed E-state index contributed by atoms with van der Waals surface area (Å²) in [7, 11) is 0. The van der Waals surface area contributed by atoms with Gasteiger partial charge in [0.25, 0.3) is 5.79 Å². The molecule has 7 saturated heterocycles. The number of aliphatic carboxylic acids is 1. The zero-order chi connectivity index (χ0) is 69.0. The normalized spacial score (nSPS) is 47.2. The van der Waals surface area contributed by atoms with Crippen molar-refractivity contribution in [1.29, 1.82) is 0 Å². The largest absolute Gasteiger partial charge is 0.477 e. The van der Waals surface area contributed by atoms with Crippen molar-refractivity contribution >= 4 is 23.7 Å². The Kier molecular flexibility index (Phi) is 27.2. The zero-order valence-electron chi connectivity index (χ0n) is 49.6. The summed E-state index contributed by atoms with van der Waals surface area (Å²) in [5, 5.41) is 245. The standard InChI is InChI=1S/C51H85N3O39/c1-12(61)52-23-15(64)4-51(50(79)80,92-42(23)26(66)16(65)5-55)93-43-28(68)18(7-57)84-49(37(43)77)91-41-25(54-14(3)63)44(78)82-22(29(41)69)11-81-45-24(53-13(2)62)30(70)38(19(8-58)85-45)88-47-35(75)32(72)40(21(10-60)86-47)90-48-36(76)33(73)39(20(9-59)87-48)89-46-34(74)31(71)27(67)17(6-56)83-46/h15-49,55-60,64-78H,4-11H2,1-3H3,(H,52,61)(H,53,62)(H,54,63)(H,79,80)/t15-,16+,17+,18+,19+,20+,21+,22+,23+,24+,25+,26+,27-,28-,29-,30+,31-,32+,33+,34+,35+,36+,37+,38+,39-,40-,41+,42+,43-,44?,45+,46+,47-,48-,49-,51-/m0/s1. The molecule has 0 aromatic carbocycles. The smallest absolute Gasteiger partial charge is 0.364 e. The second-order valence-corrected chi connectivity index (χ2v) is 23.2. The molecule has 0 aliphatic carbocycles. The third-order valence-corrected chi connectivity index (χ3v) is 16.7. The first-order valence-electron chi connectivity index (χ1n) is 29.2. The predicted molar refractivity (Wildman–Crippen MR) is 284 cm³/mol. The van der Waals surface area contributed by atoms with Gasteiger partial charge in [0.05, 0.1) is 58.4 Å². The van der Waals surface area contributed by atoms with Crippen LogP contribution in [0.1, 0.15) is 27.2 Å². The van der Waals surface area contributed by atoms with E-state index in [9.17, 15) is 132 Å². The van der Waals surface area contributed by atoms with Crippen LogP contribution in [0.2, 0.25) is 0 Å². The number of carboxylic acids is 1. The minimum Gasteiger partial charge on any atom is -0.477 e. The molecule has 0 spiro atoms. The molecule has 3 amide bonds. The Morgan fingerprint density at radius 2 is 0.839 bits per heavy atom. The van der Waals surface area contributed by atoms with Gasteiger partial charge < -0.3 is 190 Å². The molecule has 0 radical (unpaired) electrons.